The van der Waals surface area contributed by atoms with Crippen LogP contribution in [-0.4, -0.2) is 24.7 Å². The molecule has 98 valence electrons. The summed E-state index contributed by atoms with van der Waals surface area (Å²) < 4.78 is 0. The second-order valence-electron chi connectivity index (χ2n) is 4.65. The first-order valence-corrected chi connectivity index (χ1v) is 7.08. The van der Waals surface area contributed by atoms with Crippen molar-refractivity contribution in [3.05, 3.63) is 23.8 Å². The summed E-state index contributed by atoms with van der Waals surface area (Å²) in [5.41, 5.74) is 7.93. The molecule has 0 fully saturated rings. The fourth-order valence-electron chi connectivity index (χ4n) is 2.11. The van der Waals surface area contributed by atoms with E-state index in [2.05, 4.69) is 22.8 Å². The zero-order valence-corrected chi connectivity index (χ0v) is 11.5. The number of nitrogens with one attached hydrogen (secondary N) is 2. The van der Waals surface area contributed by atoms with Crippen LogP contribution in [0.25, 0.3) is 0 Å². The van der Waals surface area contributed by atoms with Crippen LogP contribution in [0.3, 0.4) is 0 Å². The molecule has 0 bridgehead atoms. The first-order chi connectivity index (χ1) is 8.60. The van der Waals surface area contributed by atoms with E-state index in [1.54, 1.807) is 11.8 Å². The van der Waals surface area contributed by atoms with Crippen LogP contribution in [0.2, 0.25) is 0 Å². The van der Waals surface area contributed by atoms with E-state index >= 15 is 0 Å². The Balaban J connectivity index is 2.23. The number of benzene rings is 1. The highest BCUT2D eigenvalue weighted by Crippen LogP contribution is 2.33. The Bertz CT molecular complexity index is 448. The zero-order chi connectivity index (χ0) is 13.1. The van der Waals surface area contributed by atoms with Crippen molar-refractivity contribution in [2.45, 2.75) is 30.3 Å². The number of nitrogens with two attached hydrogens (primary N) is 1. The molecule has 0 spiro atoms. The van der Waals surface area contributed by atoms with Crippen molar-refractivity contribution >= 4 is 23.4 Å². The van der Waals surface area contributed by atoms with Crippen molar-refractivity contribution in [1.29, 1.82) is 0 Å². The van der Waals surface area contributed by atoms with E-state index in [-0.39, 0.29) is 18.0 Å². The predicted molar refractivity (Wildman–Crippen MR) is 75.9 cm³/mol. The standard InChI is InChI=1S/C13H19N3OS/c1-8(14)5-10(15-2)9-3-4-12-11(6-9)16-13(17)7-18-12/h3-4,6,8,10,15H,5,7,14H2,1-2H3,(H,16,17). The summed E-state index contributed by atoms with van der Waals surface area (Å²) in [7, 11) is 1.93. The number of carbonyl (C=O) groups excluding carboxylic acids is 1. The summed E-state index contributed by atoms with van der Waals surface area (Å²) >= 11 is 1.58. The molecule has 0 saturated heterocycles. The van der Waals surface area contributed by atoms with Gasteiger partial charge in [0.1, 0.15) is 0 Å². The summed E-state index contributed by atoms with van der Waals surface area (Å²) in [4.78, 5) is 12.5. The third-order valence-electron chi connectivity index (χ3n) is 2.99. The third-order valence-corrected chi connectivity index (χ3v) is 4.07. The molecule has 1 heterocycles. The van der Waals surface area contributed by atoms with Crippen molar-refractivity contribution in [1.82, 2.24) is 5.32 Å². The number of carbonyl (C=O) groups is 1. The molecular formula is C13H19N3OS. The smallest absolute Gasteiger partial charge is 0.234 e. The lowest BCUT2D eigenvalue weighted by Gasteiger charge is -2.22. The summed E-state index contributed by atoms with van der Waals surface area (Å²) in [5, 5.41) is 6.18. The molecule has 0 aromatic heterocycles. The number of rotatable bonds is 4. The van der Waals surface area contributed by atoms with Gasteiger partial charge in [-0.05, 0) is 38.1 Å². The average Bonchev–Trinajstić information content (AvgIpc) is 2.34. The molecule has 18 heavy (non-hydrogen) atoms. The number of thioether (sulfide) groups is 1. The van der Waals surface area contributed by atoms with Gasteiger partial charge in [0.15, 0.2) is 0 Å². The maximum absolute atomic E-state index is 11.4. The molecule has 1 aliphatic rings. The molecule has 2 unspecified atom stereocenters. The average molecular weight is 265 g/mol. The minimum absolute atomic E-state index is 0.0675. The van der Waals surface area contributed by atoms with Crippen LogP contribution >= 0.6 is 11.8 Å². The number of hydrogen-bond donors (Lipinski definition) is 3. The van der Waals surface area contributed by atoms with Crippen LogP contribution in [0, 0.1) is 0 Å². The highest BCUT2D eigenvalue weighted by Gasteiger charge is 2.18. The van der Waals surface area contributed by atoms with Gasteiger partial charge in [0, 0.05) is 17.0 Å². The van der Waals surface area contributed by atoms with Gasteiger partial charge in [0.25, 0.3) is 0 Å². The lowest BCUT2D eigenvalue weighted by atomic mass is 10.00. The second-order valence-corrected chi connectivity index (χ2v) is 5.66. The zero-order valence-electron chi connectivity index (χ0n) is 10.7. The molecule has 4 nitrogen and oxygen atoms in total. The van der Waals surface area contributed by atoms with Crippen molar-refractivity contribution in [2.75, 3.05) is 18.1 Å². The maximum atomic E-state index is 11.4. The van der Waals surface area contributed by atoms with Crippen molar-refractivity contribution in [2.24, 2.45) is 5.73 Å². The Morgan fingerprint density at radius 1 is 1.56 bits per heavy atom. The van der Waals surface area contributed by atoms with Crippen LogP contribution < -0.4 is 16.4 Å². The molecule has 2 rings (SSSR count). The predicted octanol–water partition coefficient (Wildman–Crippen LogP) is 1.73. The number of hydrogen-bond acceptors (Lipinski definition) is 4. The van der Waals surface area contributed by atoms with Gasteiger partial charge < -0.3 is 16.4 Å². The van der Waals surface area contributed by atoms with E-state index in [9.17, 15) is 4.79 Å². The van der Waals surface area contributed by atoms with Crippen LogP contribution in [0.4, 0.5) is 5.69 Å². The summed E-state index contributed by atoms with van der Waals surface area (Å²) in [6.45, 7) is 2.00. The number of anilines is 1. The molecule has 0 aliphatic carbocycles. The lowest BCUT2D eigenvalue weighted by Crippen LogP contribution is -2.26. The Kier molecular flexibility index (Phi) is 4.27. The molecule has 1 amide bonds. The van der Waals surface area contributed by atoms with Gasteiger partial charge in [-0.15, -0.1) is 11.8 Å². The SMILES string of the molecule is CNC(CC(C)N)c1ccc2c(c1)NC(=O)CS2. The Hall–Kier alpha value is -1.04. The Morgan fingerprint density at radius 2 is 2.33 bits per heavy atom. The molecule has 2 atom stereocenters. The van der Waals surface area contributed by atoms with Crippen LogP contribution in [0.1, 0.15) is 24.9 Å². The maximum Gasteiger partial charge on any atom is 0.234 e. The number of amides is 1. The molecular weight excluding hydrogens is 246 g/mol. The van der Waals surface area contributed by atoms with Gasteiger partial charge in [0.05, 0.1) is 11.4 Å². The van der Waals surface area contributed by atoms with Gasteiger partial charge in [0.2, 0.25) is 5.91 Å². The largest absolute Gasteiger partial charge is 0.328 e. The van der Waals surface area contributed by atoms with E-state index in [1.165, 1.54) is 0 Å². The molecule has 4 N–H and O–H groups in total. The van der Waals surface area contributed by atoms with Crippen LogP contribution in [0.5, 0.6) is 0 Å². The molecule has 1 aromatic rings. The molecule has 1 aliphatic heterocycles. The highest BCUT2D eigenvalue weighted by atomic mass is 32.2. The first kappa shape index (κ1) is 13.4. The van der Waals surface area contributed by atoms with E-state index < -0.39 is 0 Å². The minimum atomic E-state index is 0.0675. The summed E-state index contributed by atoms with van der Waals surface area (Å²) in [6.07, 6.45) is 0.871. The Labute approximate surface area is 112 Å². The fraction of sp³-hybridized carbons (Fsp3) is 0.462. The third kappa shape index (κ3) is 3.04. The van der Waals surface area contributed by atoms with Gasteiger partial charge in [-0.25, -0.2) is 0 Å². The lowest BCUT2D eigenvalue weighted by molar-refractivity contribution is -0.113. The molecule has 5 heteroatoms. The van der Waals surface area contributed by atoms with Crippen molar-refractivity contribution in [3.8, 4) is 0 Å². The van der Waals surface area contributed by atoms with Crippen molar-refractivity contribution < 1.29 is 4.79 Å². The van der Waals surface area contributed by atoms with Gasteiger partial charge >= 0.3 is 0 Å². The normalized spacial score (nSPS) is 17.8. The van der Waals surface area contributed by atoms with Crippen molar-refractivity contribution in [3.63, 3.8) is 0 Å². The minimum Gasteiger partial charge on any atom is -0.328 e. The number of fused-ring (bicyclic) bond motifs is 1. The summed E-state index contributed by atoms with van der Waals surface area (Å²) in [6, 6.07) is 6.58. The fourth-order valence-corrected chi connectivity index (χ4v) is 2.90. The van der Waals surface area contributed by atoms with E-state index in [4.69, 9.17) is 5.73 Å². The van der Waals surface area contributed by atoms with E-state index in [1.807, 2.05) is 20.0 Å². The highest BCUT2D eigenvalue weighted by molar-refractivity contribution is 8.00. The molecule has 1 aromatic carbocycles. The molecule has 0 radical (unpaired) electrons. The Morgan fingerprint density at radius 3 is 3.00 bits per heavy atom. The van der Waals surface area contributed by atoms with E-state index in [0.29, 0.717) is 5.75 Å². The van der Waals surface area contributed by atoms with Crippen LogP contribution in [-0.2, 0) is 4.79 Å². The van der Waals surface area contributed by atoms with Gasteiger partial charge in [-0.3, -0.25) is 4.79 Å². The van der Waals surface area contributed by atoms with Gasteiger partial charge in [-0.1, -0.05) is 6.07 Å². The van der Waals surface area contributed by atoms with Crippen LogP contribution in [0.15, 0.2) is 23.1 Å². The monoisotopic (exact) mass is 265 g/mol. The quantitative estimate of drug-likeness (QED) is 0.775. The summed E-state index contributed by atoms with van der Waals surface area (Å²) in [5.74, 6) is 0.569. The second kappa shape index (κ2) is 5.73. The van der Waals surface area contributed by atoms with Gasteiger partial charge in [-0.2, -0.15) is 0 Å². The topological polar surface area (TPSA) is 67.2 Å². The van der Waals surface area contributed by atoms with E-state index in [0.717, 1.165) is 22.6 Å². The first-order valence-electron chi connectivity index (χ1n) is 6.09. The molecule has 0 saturated carbocycles.